The number of aliphatic carboxylic acids is 1. The third-order valence-electron chi connectivity index (χ3n) is 1.08. The fourth-order valence-corrected chi connectivity index (χ4v) is 1.15. The van der Waals surface area contributed by atoms with E-state index >= 15 is 0 Å². The Morgan fingerprint density at radius 2 is 2.45 bits per heavy atom. The van der Waals surface area contributed by atoms with Crippen LogP contribution in [-0.4, -0.2) is 15.4 Å². The van der Waals surface area contributed by atoms with E-state index in [2.05, 4.69) is 4.37 Å². The molecule has 0 fully saturated rings. The molecule has 0 aliphatic rings. The van der Waals surface area contributed by atoms with Gasteiger partial charge in [0, 0.05) is 10.9 Å². The van der Waals surface area contributed by atoms with Crippen LogP contribution in [0, 0.1) is 0 Å². The summed E-state index contributed by atoms with van der Waals surface area (Å²) in [6, 6.07) is 0. The van der Waals surface area contributed by atoms with Gasteiger partial charge in [0.1, 0.15) is 0 Å². The summed E-state index contributed by atoms with van der Waals surface area (Å²) in [5.41, 5.74) is -0.0244. The minimum absolute atomic E-state index is 0.224. The van der Waals surface area contributed by atoms with E-state index in [1.54, 1.807) is 0 Å². The Hall–Kier alpha value is -1.23. The smallest absolute Gasteiger partial charge is 0.307 e. The van der Waals surface area contributed by atoms with Crippen molar-refractivity contribution < 1.29 is 9.90 Å². The van der Waals surface area contributed by atoms with E-state index in [0.29, 0.717) is 0 Å². The highest BCUT2D eigenvalue weighted by molar-refractivity contribution is 7.03. The van der Waals surface area contributed by atoms with Gasteiger partial charge in [-0.05, 0) is 11.5 Å². The molecule has 0 aliphatic carbocycles. The van der Waals surface area contributed by atoms with Gasteiger partial charge < -0.3 is 5.11 Å². The fourth-order valence-electron chi connectivity index (χ4n) is 0.605. The van der Waals surface area contributed by atoms with Gasteiger partial charge >= 0.3 is 5.97 Å². The SMILES string of the molecule is O=C(O)Cc1csncc1=O. The van der Waals surface area contributed by atoms with Crippen LogP contribution in [-0.2, 0) is 11.2 Å². The Morgan fingerprint density at radius 3 is 3.00 bits per heavy atom. The van der Waals surface area contributed by atoms with Crippen molar-refractivity contribution >= 4 is 17.5 Å². The van der Waals surface area contributed by atoms with Gasteiger partial charge in [0.2, 0.25) is 5.43 Å². The molecule has 0 spiro atoms. The predicted octanol–water partition coefficient (Wildman–Crippen LogP) is 0.130. The van der Waals surface area contributed by atoms with Gasteiger partial charge in [-0.2, -0.15) is 4.37 Å². The van der Waals surface area contributed by atoms with Crippen LogP contribution in [0.4, 0.5) is 0 Å². The lowest BCUT2D eigenvalue weighted by molar-refractivity contribution is -0.136. The first kappa shape index (κ1) is 7.87. The van der Waals surface area contributed by atoms with Crippen LogP contribution in [0.3, 0.4) is 0 Å². The summed E-state index contributed by atoms with van der Waals surface area (Å²) >= 11 is 1.07. The zero-order valence-electron chi connectivity index (χ0n) is 5.48. The Labute approximate surface area is 66.3 Å². The zero-order chi connectivity index (χ0) is 8.27. The second-order valence-electron chi connectivity index (χ2n) is 1.92. The van der Waals surface area contributed by atoms with Crippen LogP contribution >= 0.6 is 11.5 Å². The molecule has 1 N–H and O–H groups in total. The molecule has 0 aliphatic heterocycles. The molecule has 0 saturated heterocycles. The van der Waals surface area contributed by atoms with Crippen molar-refractivity contribution in [3.8, 4) is 0 Å². The van der Waals surface area contributed by atoms with Crippen LogP contribution in [0.1, 0.15) is 5.56 Å². The molecule has 0 radical (unpaired) electrons. The molecule has 0 aromatic carbocycles. The van der Waals surface area contributed by atoms with E-state index in [4.69, 9.17) is 5.11 Å². The molecular weight excluding hydrogens is 166 g/mol. The van der Waals surface area contributed by atoms with Crippen molar-refractivity contribution in [3.05, 3.63) is 27.4 Å². The number of carboxylic acids is 1. The molecule has 0 atom stereocenters. The van der Waals surface area contributed by atoms with E-state index in [1.807, 2.05) is 0 Å². The number of hydrogen-bond donors (Lipinski definition) is 1. The second kappa shape index (κ2) is 3.25. The lowest BCUT2D eigenvalue weighted by Gasteiger charge is -1.90. The Bertz CT molecular complexity index is 320. The number of nitrogens with zero attached hydrogens (tertiary/aromatic N) is 1. The molecule has 0 amide bonds. The normalized spacial score (nSPS) is 9.45. The van der Waals surface area contributed by atoms with E-state index in [0.717, 1.165) is 17.7 Å². The first-order valence-corrected chi connectivity index (χ1v) is 3.68. The number of rotatable bonds is 2. The zero-order valence-corrected chi connectivity index (χ0v) is 6.30. The third-order valence-corrected chi connectivity index (χ3v) is 1.70. The number of carboxylic acid groups (broad SMARTS) is 1. The molecule has 0 saturated carbocycles. The van der Waals surface area contributed by atoms with Crippen molar-refractivity contribution in [2.45, 2.75) is 6.42 Å². The Balaban J connectivity index is 2.95. The minimum Gasteiger partial charge on any atom is -0.481 e. The van der Waals surface area contributed by atoms with Gasteiger partial charge in [-0.15, -0.1) is 0 Å². The topological polar surface area (TPSA) is 67.3 Å². The van der Waals surface area contributed by atoms with Gasteiger partial charge in [0.25, 0.3) is 0 Å². The summed E-state index contributed by atoms with van der Waals surface area (Å²) in [7, 11) is 0. The van der Waals surface area contributed by atoms with Gasteiger partial charge in [0.15, 0.2) is 0 Å². The maximum absolute atomic E-state index is 10.8. The molecule has 11 heavy (non-hydrogen) atoms. The van der Waals surface area contributed by atoms with Crippen molar-refractivity contribution in [3.63, 3.8) is 0 Å². The van der Waals surface area contributed by atoms with E-state index in [-0.39, 0.29) is 17.4 Å². The Kier molecular flexibility index (Phi) is 2.32. The summed E-state index contributed by atoms with van der Waals surface area (Å²) in [6.45, 7) is 0. The molecule has 58 valence electrons. The van der Waals surface area contributed by atoms with Crippen LogP contribution in [0.15, 0.2) is 16.4 Å². The Morgan fingerprint density at radius 1 is 1.73 bits per heavy atom. The molecule has 0 unspecified atom stereocenters. The molecule has 5 heteroatoms. The molecule has 1 aromatic rings. The predicted molar refractivity (Wildman–Crippen MR) is 39.7 cm³/mol. The van der Waals surface area contributed by atoms with E-state index < -0.39 is 5.97 Å². The molecule has 1 heterocycles. The van der Waals surface area contributed by atoms with Gasteiger partial charge in [-0.3, -0.25) is 9.59 Å². The number of hydrogen-bond acceptors (Lipinski definition) is 4. The van der Waals surface area contributed by atoms with Gasteiger partial charge in [0.05, 0.1) is 12.6 Å². The number of carbonyl (C=O) groups is 1. The van der Waals surface area contributed by atoms with Crippen molar-refractivity contribution in [1.82, 2.24) is 4.37 Å². The second-order valence-corrected chi connectivity index (χ2v) is 2.58. The largest absolute Gasteiger partial charge is 0.481 e. The highest BCUT2D eigenvalue weighted by Crippen LogP contribution is 1.94. The average molecular weight is 171 g/mol. The van der Waals surface area contributed by atoms with E-state index in [1.165, 1.54) is 5.38 Å². The first-order chi connectivity index (χ1) is 5.20. The maximum atomic E-state index is 10.8. The molecule has 0 bridgehead atoms. The third kappa shape index (κ3) is 2.12. The van der Waals surface area contributed by atoms with Crippen LogP contribution < -0.4 is 5.43 Å². The van der Waals surface area contributed by atoms with Crippen molar-refractivity contribution in [2.75, 3.05) is 0 Å². The van der Waals surface area contributed by atoms with E-state index in [9.17, 15) is 9.59 Å². The monoisotopic (exact) mass is 171 g/mol. The summed E-state index contributed by atoms with van der Waals surface area (Å²) in [6.07, 6.45) is 0.904. The first-order valence-electron chi connectivity index (χ1n) is 2.84. The van der Waals surface area contributed by atoms with Gasteiger partial charge in [-0.25, -0.2) is 0 Å². The quantitative estimate of drug-likeness (QED) is 0.686. The lowest BCUT2D eigenvalue weighted by atomic mass is 10.2. The van der Waals surface area contributed by atoms with Gasteiger partial charge in [-0.1, -0.05) is 0 Å². The molecule has 1 aromatic heterocycles. The summed E-state index contributed by atoms with van der Waals surface area (Å²) in [4.78, 5) is 21.0. The standard InChI is InChI=1S/C6H5NO3S/c8-5-2-7-11-3-4(5)1-6(9)10/h2-3H,1H2,(H,9,10). The average Bonchev–Trinajstić information content (AvgIpc) is 1.93. The highest BCUT2D eigenvalue weighted by Gasteiger charge is 2.03. The highest BCUT2D eigenvalue weighted by atomic mass is 32.1. The number of aromatic nitrogens is 1. The summed E-state index contributed by atoms with van der Waals surface area (Å²) < 4.78 is 3.59. The summed E-state index contributed by atoms with van der Waals surface area (Å²) in [5, 5.41) is 9.79. The fraction of sp³-hybridized carbons (Fsp3) is 0.167. The lowest BCUT2D eigenvalue weighted by Crippen LogP contribution is -2.11. The van der Waals surface area contributed by atoms with Crippen molar-refractivity contribution in [1.29, 1.82) is 0 Å². The van der Waals surface area contributed by atoms with Crippen LogP contribution in [0.5, 0.6) is 0 Å². The molecule has 1 rings (SSSR count). The maximum Gasteiger partial charge on any atom is 0.307 e. The van der Waals surface area contributed by atoms with Crippen LogP contribution in [0.2, 0.25) is 0 Å². The van der Waals surface area contributed by atoms with Crippen molar-refractivity contribution in [2.24, 2.45) is 0 Å². The summed E-state index contributed by atoms with van der Waals surface area (Å²) in [5.74, 6) is -1.000. The molecule has 4 nitrogen and oxygen atoms in total. The van der Waals surface area contributed by atoms with Crippen LogP contribution in [0.25, 0.3) is 0 Å². The minimum atomic E-state index is -1.000. The molecular formula is C6H5NO3S.